The lowest BCUT2D eigenvalue weighted by atomic mass is 9.99. The first-order valence-corrected chi connectivity index (χ1v) is 13.8. The summed E-state index contributed by atoms with van der Waals surface area (Å²) in [6.07, 6.45) is 12.9. The number of aryl methyl sites for hydroxylation is 5. The Morgan fingerprint density at radius 1 is 0.595 bits per heavy atom. The van der Waals surface area contributed by atoms with Crippen LogP contribution in [0.1, 0.15) is 60.8 Å². The SMILES string of the molecule is c1cc2cc(c1)CCCc1ccc(cc1)Oc1cn(nn1)CCCCCCOc1ccc(cc1)CCC2. The van der Waals surface area contributed by atoms with Gasteiger partial charge in [0.2, 0.25) is 0 Å². The highest BCUT2D eigenvalue weighted by Crippen LogP contribution is 2.21. The van der Waals surface area contributed by atoms with Crippen molar-refractivity contribution in [2.45, 2.75) is 70.8 Å². The van der Waals surface area contributed by atoms with Crippen molar-refractivity contribution in [3.63, 3.8) is 0 Å². The molecule has 5 heteroatoms. The number of benzene rings is 3. The Morgan fingerprint density at radius 2 is 1.22 bits per heavy atom. The van der Waals surface area contributed by atoms with Crippen molar-refractivity contribution in [1.29, 1.82) is 0 Å². The van der Waals surface area contributed by atoms with E-state index < -0.39 is 0 Å². The van der Waals surface area contributed by atoms with Crippen LogP contribution < -0.4 is 9.47 Å². The van der Waals surface area contributed by atoms with Crippen molar-refractivity contribution >= 4 is 0 Å². The van der Waals surface area contributed by atoms with Gasteiger partial charge in [-0.3, -0.25) is 0 Å². The summed E-state index contributed by atoms with van der Waals surface area (Å²) in [4.78, 5) is 0. The lowest BCUT2D eigenvalue weighted by molar-refractivity contribution is 0.303. The fourth-order valence-electron chi connectivity index (χ4n) is 4.89. The molecule has 5 heterocycles. The molecule has 37 heavy (non-hydrogen) atoms. The Kier molecular flexibility index (Phi) is 8.87. The summed E-state index contributed by atoms with van der Waals surface area (Å²) >= 11 is 0. The van der Waals surface area contributed by atoms with Crippen molar-refractivity contribution < 1.29 is 9.47 Å². The molecule has 0 atom stereocenters. The van der Waals surface area contributed by atoms with Gasteiger partial charge in [-0.25, -0.2) is 4.68 Å². The zero-order valence-corrected chi connectivity index (χ0v) is 21.6. The number of hydrogen-bond acceptors (Lipinski definition) is 4. The Bertz CT molecular complexity index is 1230. The predicted molar refractivity (Wildman–Crippen MR) is 147 cm³/mol. The Balaban J connectivity index is 1.21. The van der Waals surface area contributed by atoms with Crippen LogP contribution in [0.3, 0.4) is 0 Å². The summed E-state index contributed by atoms with van der Waals surface area (Å²) in [5, 5.41) is 8.39. The van der Waals surface area contributed by atoms with Crippen LogP contribution in [0, 0.1) is 0 Å². The molecule has 8 rings (SSSR count). The smallest absolute Gasteiger partial charge is 0.258 e. The van der Waals surface area contributed by atoms with E-state index in [0.717, 1.165) is 88.9 Å². The molecule has 0 unspecified atom stereocenters. The minimum atomic E-state index is 0.542. The van der Waals surface area contributed by atoms with Gasteiger partial charge in [0.15, 0.2) is 0 Å². The second-order valence-corrected chi connectivity index (χ2v) is 10.00. The predicted octanol–water partition coefficient (Wildman–Crippen LogP) is 7.37. The van der Waals surface area contributed by atoms with Crippen molar-refractivity contribution in [1.82, 2.24) is 15.0 Å². The highest BCUT2D eigenvalue weighted by molar-refractivity contribution is 5.31. The van der Waals surface area contributed by atoms with Gasteiger partial charge in [0, 0.05) is 6.54 Å². The third-order valence-electron chi connectivity index (χ3n) is 6.99. The van der Waals surface area contributed by atoms with Crippen LogP contribution in [0.5, 0.6) is 17.4 Å². The minimum Gasteiger partial charge on any atom is -0.494 e. The molecule has 0 spiro atoms. The van der Waals surface area contributed by atoms with Gasteiger partial charge in [-0.15, -0.1) is 0 Å². The Morgan fingerprint density at radius 3 is 1.92 bits per heavy atom. The molecule has 0 amide bonds. The van der Waals surface area contributed by atoms with Crippen molar-refractivity contribution in [3.8, 4) is 17.4 Å². The third-order valence-corrected chi connectivity index (χ3v) is 6.99. The van der Waals surface area contributed by atoms with Gasteiger partial charge < -0.3 is 9.47 Å². The molecule has 5 nitrogen and oxygen atoms in total. The van der Waals surface area contributed by atoms with E-state index in [9.17, 15) is 0 Å². The fourth-order valence-corrected chi connectivity index (χ4v) is 4.89. The van der Waals surface area contributed by atoms with E-state index in [1.807, 2.05) is 23.0 Å². The molecule has 192 valence electrons. The van der Waals surface area contributed by atoms with Crippen molar-refractivity contribution in [2.75, 3.05) is 6.61 Å². The maximum absolute atomic E-state index is 5.96. The second kappa shape index (κ2) is 13.1. The van der Waals surface area contributed by atoms with Gasteiger partial charge >= 0.3 is 0 Å². The van der Waals surface area contributed by atoms with Gasteiger partial charge in [-0.05, 0) is 104 Å². The van der Waals surface area contributed by atoms with Gasteiger partial charge in [0.1, 0.15) is 11.5 Å². The lowest BCUT2D eigenvalue weighted by Gasteiger charge is -2.09. The molecule has 0 saturated carbocycles. The summed E-state index contributed by atoms with van der Waals surface area (Å²) in [5.74, 6) is 2.31. The number of ether oxygens (including phenoxy) is 2. The van der Waals surface area contributed by atoms with Gasteiger partial charge in [0.25, 0.3) is 5.88 Å². The molecule has 4 aromatic rings. The van der Waals surface area contributed by atoms with Crippen LogP contribution in [0.2, 0.25) is 0 Å². The first-order chi connectivity index (χ1) is 18.3. The molecule has 0 fully saturated rings. The third kappa shape index (κ3) is 7.94. The maximum atomic E-state index is 5.96. The van der Waals surface area contributed by atoms with E-state index in [-0.39, 0.29) is 0 Å². The summed E-state index contributed by atoms with van der Waals surface area (Å²) in [6, 6.07) is 26.1. The minimum absolute atomic E-state index is 0.542. The van der Waals surface area contributed by atoms with Crippen LogP contribution >= 0.6 is 0 Å². The average molecular weight is 496 g/mol. The summed E-state index contributed by atoms with van der Waals surface area (Å²) in [6.45, 7) is 1.61. The molecular formula is C32H37N3O2. The quantitative estimate of drug-likeness (QED) is 0.255. The van der Waals surface area contributed by atoms with Crippen molar-refractivity contribution in [3.05, 3.63) is 101 Å². The molecule has 4 aliphatic heterocycles. The van der Waals surface area contributed by atoms with Gasteiger partial charge in [-0.1, -0.05) is 65.3 Å². The van der Waals surface area contributed by atoms with Crippen LogP contribution in [-0.4, -0.2) is 21.6 Å². The zero-order chi connectivity index (χ0) is 25.1. The zero-order valence-electron chi connectivity index (χ0n) is 21.6. The molecule has 1 aromatic heterocycles. The monoisotopic (exact) mass is 495 g/mol. The molecule has 0 saturated heterocycles. The first-order valence-electron chi connectivity index (χ1n) is 13.8. The van der Waals surface area contributed by atoms with Crippen LogP contribution in [0.25, 0.3) is 0 Å². The maximum Gasteiger partial charge on any atom is 0.258 e. The number of hydrogen-bond donors (Lipinski definition) is 0. The van der Waals surface area contributed by atoms with E-state index in [4.69, 9.17) is 9.47 Å². The standard InChI is InChI=1S/C32H37N3O2/c1-2-4-23-36-30-18-14-26(15-19-30)8-5-10-28-12-7-13-29(24-28)11-6-9-27-16-20-31(21-17-27)37-32-25-35(22-3-1)34-33-32/h7,12-21,24-25H,1-6,8-11,22-23H2. The highest BCUT2D eigenvalue weighted by atomic mass is 16.5. The normalized spacial score (nSPS) is 15.8. The molecule has 8 bridgehead atoms. The van der Waals surface area contributed by atoms with Gasteiger partial charge in [-0.2, -0.15) is 0 Å². The van der Waals surface area contributed by atoms with E-state index in [2.05, 4.69) is 71.0 Å². The van der Waals surface area contributed by atoms with E-state index in [1.54, 1.807) is 0 Å². The molecule has 0 aliphatic carbocycles. The first kappa shape index (κ1) is 25.1. The number of nitrogens with zero attached hydrogens (tertiary/aromatic N) is 3. The Hall–Kier alpha value is -3.60. The topological polar surface area (TPSA) is 49.2 Å². The van der Waals surface area contributed by atoms with Crippen molar-refractivity contribution in [2.24, 2.45) is 0 Å². The van der Waals surface area contributed by atoms with E-state index >= 15 is 0 Å². The fraction of sp³-hybridized carbons (Fsp3) is 0.375. The van der Waals surface area contributed by atoms with Gasteiger partial charge in [0.05, 0.1) is 12.8 Å². The van der Waals surface area contributed by atoms with Crippen LogP contribution in [-0.2, 0) is 32.2 Å². The molecule has 0 radical (unpaired) electrons. The largest absolute Gasteiger partial charge is 0.494 e. The molecule has 3 aromatic carbocycles. The summed E-state index contributed by atoms with van der Waals surface area (Å²) in [5.41, 5.74) is 5.57. The van der Waals surface area contributed by atoms with E-state index in [0.29, 0.717) is 5.88 Å². The summed E-state index contributed by atoms with van der Waals surface area (Å²) < 4.78 is 13.7. The number of aromatic nitrogens is 3. The highest BCUT2D eigenvalue weighted by Gasteiger charge is 2.05. The number of rotatable bonds is 0. The van der Waals surface area contributed by atoms with Crippen LogP contribution in [0.15, 0.2) is 79.0 Å². The Labute approximate surface area is 220 Å². The molecular weight excluding hydrogens is 458 g/mol. The average Bonchev–Trinajstić information content (AvgIpc) is 3.37. The van der Waals surface area contributed by atoms with E-state index in [1.165, 1.54) is 22.3 Å². The van der Waals surface area contributed by atoms with Crippen LogP contribution in [0.4, 0.5) is 0 Å². The molecule has 4 aliphatic rings. The second-order valence-electron chi connectivity index (χ2n) is 10.00. The molecule has 0 N–H and O–H groups in total. The summed E-state index contributed by atoms with van der Waals surface area (Å²) in [7, 11) is 0. The lowest BCUT2D eigenvalue weighted by Crippen LogP contribution is -2.00.